The van der Waals surface area contributed by atoms with Crippen molar-refractivity contribution in [3.05, 3.63) is 40.4 Å². The standard InChI is InChI=1S/C10H11Cl2N3S/c1-6(14-15-10(16)13-2)7-3-4-8(11)9(12)5-7/h3-5,14H,1H2,2H3,(H2,13,15,16). The van der Waals surface area contributed by atoms with E-state index in [0.717, 1.165) is 5.56 Å². The zero-order chi connectivity index (χ0) is 12.1. The topological polar surface area (TPSA) is 36.1 Å². The Morgan fingerprint density at radius 2 is 1.94 bits per heavy atom. The Morgan fingerprint density at radius 3 is 2.50 bits per heavy atom. The second-order valence-electron chi connectivity index (χ2n) is 2.94. The summed E-state index contributed by atoms with van der Waals surface area (Å²) in [5, 5.41) is 4.23. The van der Waals surface area contributed by atoms with Crippen LogP contribution in [-0.2, 0) is 0 Å². The van der Waals surface area contributed by atoms with Crippen LogP contribution in [0.5, 0.6) is 0 Å². The molecule has 86 valence electrons. The van der Waals surface area contributed by atoms with Gasteiger partial charge in [-0.1, -0.05) is 35.8 Å². The van der Waals surface area contributed by atoms with Gasteiger partial charge in [-0.15, -0.1) is 0 Å². The van der Waals surface area contributed by atoms with E-state index < -0.39 is 0 Å². The van der Waals surface area contributed by atoms with Crippen molar-refractivity contribution in [1.82, 2.24) is 16.2 Å². The first-order chi connectivity index (χ1) is 7.54. The van der Waals surface area contributed by atoms with E-state index in [2.05, 4.69) is 22.7 Å². The van der Waals surface area contributed by atoms with Gasteiger partial charge in [-0.2, -0.15) is 0 Å². The van der Waals surface area contributed by atoms with Gasteiger partial charge in [0.05, 0.1) is 15.7 Å². The fourth-order valence-corrected chi connectivity index (χ4v) is 1.30. The van der Waals surface area contributed by atoms with Crippen LogP contribution in [0, 0.1) is 0 Å². The van der Waals surface area contributed by atoms with Crippen molar-refractivity contribution in [3.63, 3.8) is 0 Å². The third kappa shape index (κ3) is 3.56. The molecule has 1 aromatic rings. The summed E-state index contributed by atoms with van der Waals surface area (Å²) in [4.78, 5) is 0. The predicted octanol–water partition coefficient (Wildman–Crippen LogP) is 2.56. The van der Waals surface area contributed by atoms with Gasteiger partial charge in [0.15, 0.2) is 5.11 Å². The van der Waals surface area contributed by atoms with Gasteiger partial charge in [-0.25, -0.2) is 0 Å². The average Bonchev–Trinajstić information content (AvgIpc) is 2.29. The molecule has 0 bridgehead atoms. The molecule has 0 aliphatic carbocycles. The summed E-state index contributed by atoms with van der Waals surface area (Å²) in [7, 11) is 1.72. The van der Waals surface area contributed by atoms with Gasteiger partial charge in [0.2, 0.25) is 0 Å². The molecule has 1 rings (SSSR count). The smallest absolute Gasteiger partial charge is 0.184 e. The van der Waals surface area contributed by atoms with Gasteiger partial charge in [0.1, 0.15) is 0 Å². The molecular weight excluding hydrogens is 265 g/mol. The van der Waals surface area contributed by atoms with E-state index in [1.165, 1.54) is 0 Å². The highest BCUT2D eigenvalue weighted by Crippen LogP contribution is 2.24. The van der Waals surface area contributed by atoms with Crippen molar-refractivity contribution in [2.45, 2.75) is 0 Å². The fraction of sp³-hybridized carbons (Fsp3) is 0.100. The van der Waals surface area contributed by atoms with Gasteiger partial charge in [0, 0.05) is 12.6 Å². The molecule has 0 amide bonds. The Morgan fingerprint density at radius 1 is 1.25 bits per heavy atom. The zero-order valence-electron chi connectivity index (χ0n) is 8.60. The molecule has 1 aromatic carbocycles. The molecule has 0 aliphatic heterocycles. The number of hydrogen-bond donors (Lipinski definition) is 3. The summed E-state index contributed by atoms with van der Waals surface area (Å²) in [5.41, 5.74) is 7.09. The van der Waals surface area contributed by atoms with Crippen LogP contribution in [0.1, 0.15) is 5.56 Å². The van der Waals surface area contributed by atoms with Crippen molar-refractivity contribution >= 4 is 46.2 Å². The molecule has 0 aliphatic rings. The van der Waals surface area contributed by atoms with E-state index >= 15 is 0 Å². The molecule has 3 nitrogen and oxygen atoms in total. The molecule has 0 spiro atoms. The Hall–Kier alpha value is -0.970. The average molecular weight is 276 g/mol. The van der Waals surface area contributed by atoms with Crippen molar-refractivity contribution in [3.8, 4) is 0 Å². The molecule has 0 saturated heterocycles. The maximum absolute atomic E-state index is 5.89. The molecule has 0 saturated carbocycles. The minimum Gasteiger partial charge on any atom is -0.364 e. The van der Waals surface area contributed by atoms with E-state index in [9.17, 15) is 0 Å². The Balaban J connectivity index is 2.66. The number of rotatable bonds is 3. The Labute approximate surface area is 110 Å². The lowest BCUT2D eigenvalue weighted by atomic mass is 10.2. The van der Waals surface area contributed by atoms with E-state index in [1.807, 2.05) is 6.07 Å². The lowest BCUT2D eigenvalue weighted by Crippen LogP contribution is -2.41. The van der Waals surface area contributed by atoms with Gasteiger partial charge in [-0.05, 0) is 24.4 Å². The molecule has 16 heavy (non-hydrogen) atoms. The van der Waals surface area contributed by atoms with Crippen LogP contribution in [0.3, 0.4) is 0 Å². The number of halogens is 2. The van der Waals surface area contributed by atoms with Gasteiger partial charge in [0.25, 0.3) is 0 Å². The molecule has 0 unspecified atom stereocenters. The monoisotopic (exact) mass is 275 g/mol. The highest BCUT2D eigenvalue weighted by Gasteiger charge is 2.02. The summed E-state index contributed by atoms with van der Waals surface area (Å²) in [6, 6.07) is 5.25. The SMILES string of the molecule is C=C(NNC(=S)NC)c1ccc(Cl)c(Cl)c1. The van der Waals surface area contributed by atoms with Crippen molar-refractivity contribution in [1.29, 1.82) is 0 Å². The highest BCUT2D eigenvalue weighted by atomic mass is 35.5. The molecule has 6 heteroatoms. The predicted molar refractivity (Wildman–Crippen MR) is 73.4 cm³/mol. The first-order valence-electron chi connectivity index (χ1n) is 4.42. The quantitative estimate of drug-likeness (QED) is 0.586. The fourth-order valence-electron chi connectivity index (χ4n) is 0.951. The van der Waals surface area contributed by atoms with E-state index in [1.54, 1.807) is 19.2 Å². The Kier molecular flexibility index (Phi) is 4.86. The lowest BCUT2D eigenvalue weighted by molar-refractivity contribution is 0.824. The van der Waals surface area contributed by atoms with Gasteiger partial charge < -0.3 is 5.32 Å². The van der Waals surface area contributed by atoms with Crippen molar-refractivity contribution in [2.75, 3.05) is 7.05 Å². The largest absolute Gasteiger partial charge is 0.364 e. The van der Waals surface area contributed by atoms with Gasteiger partial charge >= 0.3 is 0 Å². The third-order valence-corrected chi connectivity index (χ3v) is 2.87. The van der Waals surface area contributed by atoms with Crippen molar-refractivity contribution < 1.29 is 0 Å². The summed E-state index contributed by atoms with van der Waals surface area (Å²) in [5.74, 6) is 0. The molecule has 0 atom stereocenters. The third-order valence-electron chi connectivity index (χ3n) is 1.82. The second-order valence-corrected chi connectivity index (χ2v) is 4.16. The number of thiocarbonyl (C=S) groups is 1. The normalized spacial score (nSPS) is 9.44. The minimum absolute atomic E-state index is 0.473. The zero-order valence-corrected chi connectivity index (χ0v) is 10.9. The number of nitrogens with one attached hydrogen (secondary N) is 3. The minimum atomic E-state index is 0.473. The maximum Gasteiger partial charge on any atom is 0.184 e. The van der Waals surface area contributed by atoms with Crippen LogP contribution in [0.2, 0.25) is 10.0 Å². The molecule has 3 N–H and O–H groups in total. The van der Waals surface area contributed by atoms with E-state index in [0.29, 0.717) is 20.9 Å². The van der Waals surface area contributed by atoms with Crippen LogP contribution in [-0.4, -0.2) is 12.2 Å². The number of hydrazine groups is 1. The molecule has 0 radical (unpaired) electrons. The summed E-state index contributed by atoms with van der Waals surface area (Å²) in [6.07, 6.45) is 0. The van der Waals surface area contributed by atoms with Crippen LogP contribution in [0.4, 0.5) is 0 Å². The maximum atomic E-state index is 5.89. The van der Waals surface area contributed by atoms with Crippen LogP contribution >= 0.6 is 35.4 Å². The molecular formula is C10H11Cl2N3S. The molecule has 0 fully saturated rings. The number of benzene rings is 1. The lowest BCUT2D eigenvalue weighted by Gasteiger charge is -2.12. The Bertz CT molecular complexity index is 421. The van der Waals surface area contributed by atoms with E-state index in [-0.39, 0.29) is 0 Å². The summed E-state index contributed by atoms with van der Waals surface area (Å²) >= 11 is 16.6. The van der Waals surface area contributed by atoms with E-state index in [4.69, 9.17) is 35.4 Å². The van der Waals surface area contributed by atoms with Crippen molar-refractivity contribution in [2.24, 2.45) is 0 Å². The number of hydrogen-bond acceptors (Lipinski definition) is 2. The second kappa shape index (κ2) is 5.94. The molecule has 0 aromatic heterocycles. The summed E-state index contributed by atoms with van der Waals surface area (Å²) in [6.45, 7) is 3.84. The highest BCUT2D eigenvalue weighted by molar-refractivity contribution is 7.80. The van der Waals surface area contributed by atoms with Crippen LogP contribution in [0.15, 0.2) is 24.8 Å². The first kappa shape index (κ1) is 13.1. The first-order valence-corrected chi connectivity index (χ1v) is 5.59. The molecule has 0 heterocycles. The van der Waals surface area contributed by atoms with Crippen LogP contribution in [0.25, 0.3) is 5.70 Å². The summed E-state index contributed by atoms with van der Waals surface area (Å²) < 4.78 is 0. The van der Waals surface area contributed by atoms with Crippen LogP contribution < -0.4 is 16.2 Å². The van der Waals surface area contributed by atoms with Gasteiger partial charge in [-0.3, -0.25) is 10.9 Å².